The molecule has 0 saturated carbocycles. The minimum atomic E-state index is 0.0404. The van der Waals surface area contributed by atoms with Crippen LogP contribution in [0.25, 0.3) is 0 Å². The van der Waals surface area contributed by atoms with Crippen LogP contribution in [0.15, 0.2) is 4.52 Å². The van der Waals surface area contributed by atoms with E-state index in [4.69, 9.17) is 4.52 Å². The van der Waals surface area contributed by atoms with Crippen molar-refractivity contribution >= 4 is 5.91 Å². The Hall–Kier alpha value is -1.43. The molecule has 3 atom stereocenters. The maximum atomic E-state index is 11.9. The van der Waals surface area contributed by atoms with Gasteiger partial charge in [-0.2, -0.15) is 4.98 Å². The summed E-state index contributed by atoms with van der Waals surface area (Å²) >= 11 is 0. The number of hydrogen-bond donors (Lipinski definition) is 1. The molecule has 1 fully saturated rings. The standard InChI is InChI=1S/C15H26N4O2/c1-5-12-9-19(14(20)6-2)8-7-13(12)16-10(3)15-17-11(4)18-21-15/h10,12-13,16H,5-9H2,1-4H3/t10-,12+,13+/m1/s1. The number of piperidine rings is 1. The number of aromatic nitrogens is 2. The average molecular weight is 294 g/mol. The summed E-state index contributed by atoms with van der Waals surface area (Å²) in [4.78, 5) is 18.1. The second-order valence-corrected chi connectivity index (χ2v) is 5.82. The molecule has 1 aliphatic rings. The molecule has 0 bridgehead atoms. The number of rotatable bonds is 5. The van der Waals surface area contributed by atoms with Crippen LogP contribution in [-0.4, -0.2) is 40.1 Å². The Morgan fingerprint density at radius 1 is 1.52 bits per heavy atom. The molecular formula is C15H26N4O2. The summed E-state index contributed by atoms with van der Waals surface area (Å²) in [5.41, 5.74) is 0. The first-order chi connectivity index (χ1) is 10.0. The molecule has 118 valence electrons. The maximum Gasteiger partial charge on any atom is 0.243 e. The fourth-order valence-electron chi connectivity index (χ4n) is 3.00. The van der Waals surface area contributed by atoms with Crippen LogP contribution in [0.3, 0.4) is 0 Å². The number of likely N-dealkylation sites (tertiary alicyclic amines) is 1. The van der Waals surface area contributed by atoms with E-state index in [1.165, 1.54) is 0 Å². The molecular weight excluding hydrogens is 268 g/mol. The number of aryl methyl sites for hydroxylation is 1. The fourth-order valence-corrected chi connectivity index (χ4v) is 3.00. The van der Waals surface area contributed by atoms with Crippen LogP contribution in [-0.2, 0) is 4.79 Å². The number of amides is 1. The summed E-state index contributed by atoms with van der Waals surface area (Å²) in [6.45, 7) is 9.65. The molecule has 6 heteroatoms. The van der Waals surface area contributed by atoms with Crippen molar-refractivity contribution in [1.82, 2.24) is 20.4 Å². The molecule has 1 aromatic heterocycles. The Bertz CT molecular complexity index is 474. The number of carbonyl (C=O) groups excluding carboxylic acids is 1. The summed E-state index contributed by atoms with van der Waals surface area (Å²) in [6.07, 6.45) is 2.62. The van der Waals surface area contributed by atoms with Crippen molar-refractivity contribution in [3.8, 4) is 0 Å². The number of nitrogens with zero attached hydrogens (tertiary/aromatic N) is 3. The van der Waals surface area contributed by atoms with E-state index < -0.39 is 0 Å². The van der Waals surface area contributed by atoms with Crippen LogP contribution >= 0.6 is 0 Å². The zero-order valence-corrected chi connectivity index (χ0v) is 13.4. The molecule has 1 aliphatic heterocycles. The van der Waals surface area contributed by atoms with Gasteiger partial charge < -0.3 is 14.7 Å². The van der Waals surface area contributed by atoms with E-state index >= 15 is 0 Å². The summed E-state index contributed by atoms with van der Waals surface area (Å²) in [5.74, 6) is 2.02. The monoisotopic (exact) mass is 294 g/mol. The van der Waals surface area contributed by atoms with Gasteiger partial charge in [0.2, 0.25) is 11.8 Å². The van der Waals surface area contributed by atoms with E-state index in [9.17, 15) is 4.79 Å². The second kappa shape index (κ2) is 7.02. The van der Waals surface area contributed by atoms with Crippen LogP contribution in [0.4, 0.5) is 0 Å². The third-order valence-electron chi connectivity index (χ3n) is 4.29. The Morgan fingerprint density at radius 3 is 2.86 bits per heavy atom. The van der Waals surface area contributed by atoms with Gasteiger partial charge in [-0.3, -0.25) is 4.79 Å². The van der Waals surface area contributed by atoms with E-state index in [1.54, 1.807) is 0 Å². The lowest BCUT2D eigenvalue weighted by Gasteiger charge is -2.39. The Balaban J connectivity index is 1.95. The summed E-state index contributed by atoms with van der Waals surface area (Å²) in [5, 5.41) is 7.43. The molecule has 0 unspecified atom stereocenters. The molecule has 1 saturated heterocycles. The second-order valence-electron chi connectivity index (χ2n) is 5.82. The molecule has 0 radical (unpaired) electrons. The van der Waals surface area contributed by atoms with Crippen molar-refractivity contribution in [2.45, 2.75) is 59.0 Å². The van der Waals surface area contributed by atoms with Gasteiger partial charge in [-0.05, 0) is 26.2 Å². The Labute approximate surface area is 126 Å². The summed E-state index contributed by atoms with van der Waals surface area (Å²) in [7, 11) is 0. The average Bonchev–Trinajstić information content (AvgIpc) is 2.93. The highest BCUT2D eigenvalue weighted by Gasteiger charge is 2.31. The van der Waals surface area contributed by atoms with E-state index in [0.29, 0.717) is 30.1 Å². The third-order valence-corrected chi connectivity index (χ3v) is 4.29. The van der Waals surface area contributed by atoms with Crippen molar-refractivity contribution < 1.29 is 9.32 Å². The van der Waals surface area contributed by atoms with Crippen molar-refractivity contribution in [2.24, 2.45) is 5.92 Å². The number of carbonyl (C=O) groups is 1. The lowest BCUT2D eigenvalue weighted by atomic mass is 9.89. The summed E-state index contributed by atoms with van der Waals surface area (Å²) < 4.78 is 5.23. The lowest BCUT2D eigenvalue weighted by molar-refractivity contribution is -0.133. The van der Waals surface area contributed by atoms with Crippen LogP contribution in [0, 0.1) is 12.8 Å². The minimum Gasteiger partial charge on any atom is -0.342 e. The first-order valence-corrected chi connectivity index (χ1v) is 7.89. The predicted molar refractivity (Wildman–Crippen MR) is 79.6 cm³/mol. The van der Waals surface area contributed by atoms with E-state index in [-0.39, 0.29) is 11.9 Å². The van der Waals surface area contributed by atoms with Gasteiger partial charge in [0.25, 0.3) is 0 Å². The van der Waals surface area contributed by atoms with E-state index in [2.05, 4.69) is 22.4 Å². The van der Waals surface area contributed by atoms with Crippen molar-refractivity contribution in [3.05, 3.63) is 11.7 Å². The van der Waals surface area contributed by atoms with Gasteiger partial charge in [0.1, 0.15) is 0 Å². The smallest absolute Gasteiger partial charge is 0.243 e. The molecule has 0 aliphatic carbocycles. The highest BCUT2D eigenvalue weighted by Crippen LogP contribution is 2.23. The van der Waals surface area contributed by atoms with E-state index in [1.807, 2.05) is 25.7 Å². The maximum absolute atomic E-state index is 11.9. The lowest BCUT2D eigenvalue weighted by Crippen LogP contribution is -2.51. The van der Waals surface area contributed by atoms with Crippen molar-refractivity contribution in [1.29, 1.82) is 0 Å². The first kappa shape index (κ1) is 15.9. The largest absolute Gasteiger partial charge is 0.342 e. The highest BCUT2D eigenvalue weighted by molar-refractivity contribution is 5.75. The van der Waals surface area contributed by atoms with Gasteiger partial charge in [0, 0.05) is 25.6 Å². The van der Waals surface area contributed by atoms with Gasteiger partial charge in [-0.25, -0.2) is 0 Å². The van der Waals surface area contributed by atoms with Gasteiger partial charge in [0.15, 0.2) is 5.82 Å². The molecule has 2 rings (SSSR count). The van der Waals surface area contributed by atoms with Gasteiger partial charge in [-0.15, -0.1) is 0 Å². The molecule has 1 N–H and O–H groups in total. The van der Waals surface area contributed by atoms with Gasteiger partial charge in [-0.1, -0.05) is 25.4 Å². The number of hydrogen-bond acceptors (Lipinski definition) is 5. The molecule has 0 spiro atoms. The number of nitrogens with one attached hydrogen (secondary N) is 1. The Kier molecular flexibility index (Phi) is 5.33. The van der Waals surface area contributed by atoms with Gasteiger partial charge >= 0.3 is 0 Å². The molecule has 21 heavy (non-hydrogen) atoms. The van der Waals surface area contributed by atoms with Crippen LogP contribution in [0.5, 0.6) is 0 Å². The molecule has 6 nitrogen and oxygen atoms in total. The normalized spacial score (nSPS) is 24.1. The van der Waals surface area contributed by atoms with E-state index in [0.717, 1.165) is 25.9 Å². The first-order valence-electron chi connectivity index (χ1n) is 7.89. The zero-order valence-electron chi connectivity index (χ0n) is 13.4. The summed E-state index contributed by atoms with van der Waals surface area (Å²) in [6, 6.07) is 0.428. The highest BCUT2D eigenvalue weighted by atomic mass is 16.5. The van der Waals surface area contributed by atoms with Crippen LogP contribution in [0.2, 0.25) is 0 Å². The molecule has 2 heterocycles. The Morgan fingerprint density at radius 2 is 2.29 bits per heavy atom. The fraction of sp³-hybridized carbons (Fsp3) is 0.800. The minimum absolute atomic E-state index is 0.0404. The van der Waals surface area contributed by atoms with Crippen molar-refractivity contribution in [3.63, 3.8) is 0 Å². The predicted octanol–water partition coefficient (Wildman–Crippen LogP) is 2.07. The van der Waals surface area contributed by atoms with Crippen LogP contribution < -0.4 is 5.32 Å². The third kappa shape index (κ3) is 3.81. The van der Waals surface area contributed by atoms with Gasteiger partial charge in [0.05, 0.1) is 6.04 Å². The molecule has 1 amide bonds. The molecule has 0 aromatic carbocycles. The van der Waals surface area contributed by atoms with Crippen LogP contribution in [0.1, 0.15) is 57.8 Å². The van der Waals surface area contributed by atoms with Crippen molar-refractivity contribution in [2.75, 3.05) is 13.1 Å². The quantitative estimate of drug-likeness (QED) is 0.900. The SMILES string of the molecule is CCC(=O)N1CC[C@H](N[C@H](C)c2nc(C)no2)[C@@H](CC)C1. The topological polar surface area (TPSA) is 71.3 Å². The molecule has 1 aromatic rings. The zero-order chi connectivity index (χ0) is 15.4.